The lowest BCUT2D eigenvalue weighted by Gasteiger charge is -2.07. The maximum absolute atomic E-state index is 12.5. The van der Waals surface area contributed by atoms with Crippen LogP contribution in [-0.4, -0.2) is 47.3 Å². The second-order valence-electron chi connectivity index (χ2n) is 6.13. The first-order valence-corrected chi connectivity index (χ1v) is 8.65. The molecule has 2 N–H and O–H groups in total. The third-order valence-corrected chi connectivity index (χ3v) is 4.05. The molecule has 28 heavy (non-hydrogen) atoms. The Bertz CT molecular complexity index is 1110. The van der Waals surface area contributed by atoms with Gasteiger partial charge in [0.1, 0.15) is 11.7 Å². The van der Waals surface area contributed by atoms with Crippen LogP contribution >= 0.6 is 0 Å². The van der Waals surface area contributed by atoms with Crippen LogP contribution in [0.3, 0.4) is 0 Å². The Morgan fingerprint density at radius 1 is 1.36 bits per heavy atom. The van der Waals surface area contributed by atoms with Crippen LogP contribution in [0, 0.1) is 0 Å². The molecule has 1 amide bonds. The molecule has 142 valence electrons. The molecule has 10 heteroatoms. The molecule has 0 aliphatic carbocycles. The number of amides is 1. The third-order valence-electron chi connectivity index (χ3n) is 4.05. The van der Waals surface area contributed by atoms with Crippen LogP contribution < -0.4 is 5.32 Å². The molecule has 0 aromatic carbocycles. The Morgan fingerprint density at radius 2 is 2.25 bits per heavy atom. The molecule has 4 aromatic heterocycles. The van der Waals surface area contributed by atoms with Crippen molar-refractivity contribution in [2.45, 2.75) is 19.4 Å². The first-order chi connectivity index (χ1) is 13.6. The van der Waals surface area contributed by atoms with Gasteiger partial charge in [-0.25, -0.2) is 9.50 Å². The van der Waals surface area contributed by atoms with Gasteiger partial charge in [-0.15, -0.1) is 0 Å². The van der Waals surface area contributed by atoms with E-state index < -0.39 is 6.04 Å². The molecule has 1 unspecified atom stereocenters. The highest BCUT2D eigenvalue weighted by molar-refractivity contribution is 5.93. The smallest absolute Gasteiger partial charge is 0.272 e. The van der Waals surface area contributed by atoms with Gasteiger partial charge in [-0.2, -0.15) is 10.1 Å². The number of rotatable bonds is 6. The van der Waals surface area contributed by atoms with E-state index in [0.717, 1.165) is 5.56 Å². The van der Waals surface area contributed by atoms with Gasteiger partial charge in [0.25, 0.3) is 5.91 Å². The number of carbonyl (C=O) groups excluding carboxylic acids is 1. The highest BCUT2D eigenvalue weighted by atomic mass is 16.5. The summed E-state index contributed by atoms with van der Waals surface area (Å²) in [6.07, 6.45) is 5.49. The lowest BCUT2D eigenvalue weighted by molar-refractivity contribution is 0.0927. The van der Waals surface area contributed by atoms with Crippen molar-refractivity contribution in [1.82, 2.24) is 35.0 Å². The van der Waals surface area contributed by atoms with E-state index in [1.165, 1.54) is 4.52 Å². The number of fused-ring (bicyclic) bond motifs is 1. The Balaban J connectivity index is 1.49. The van der Waals surface area contributed by atoms with Gasteiger partial charge in [0.05, 0.1) is 0 Å². The molecule has 0 radical (unpaired) electrons. The van der Waals surface area contributed by atoms with E-state index in [2.05, 4.69) is 30.5 Å². The van der Waals surface area contributed by atoms with Gasteiger partial charge in [0, 0.05) is 31.3 Å². The average Bonchev–Trinajstić information content (AvgIpc) is 3.36. The Kier molecular flexibility index (Phi) is 4.77. The maximum atomic E-state index is 12.5. The highest BCUT2D eigenvalue weighted by Crippen LogP contribution is 2.17. The van der Waals surface area contributed by atoms with Crippen molar-refractivity contribution >= 4 is 11.6 Å². The highest BCUT2D eigenvalue weighted by Gasteiger charge is 2.20. The molecule has 0 aliphatic rings. The van der Waals surface area contributed by atoms with Crippen LogP contribution in [-0.2, 0) is 6.42 Å². The van der Waals surface area contributed by atoms with E-state index in [0.29, 0.717) is 23.6 Å². The Labute approximate surface area is 159 Å². The van der Waals surface area contributed by atoms with Gasteiger partial charge in [-0.3, -0.25) is 9.78 Å². The molecule has 10 nitrogen and oxygen atoms in total. The number of hydrogen-bond acceptors (Lipinski definition) is 8. The predicted octanol–water partition coefficient (Wildman–Crippen LogP) is 1.20. The number of carbonyl (C=O) groups is 1. The van der Waals surface area contributed by atoms with Crippen LogP contribution in [0.4, 0.5) is 0 Å². The van der Waals surface area contributed by atoms with Gasteiger partial charge in [-0.1, -0.05) is 11.2 Å². The zero-order valence-corrected chi connectivity index (χ0v) is 15.0. The zero-order valence-electron chi connectivity index (χ0n) is 15.0. The number of nitrogens with one attached hydrogen (secondary N) is 1. The first-order valence-electron chi connectivity index (χ1n) is 8.65. The van der Waals surface area contributed by atoms with Gasteiger partial charge in [-0.05, 0) is 31.0 Å². The summed E-state index contributed by atoms with van der Waals surface area (Å²) in [6, 6.07) is 6.46. The number of pyridine rings is 1. The third kappa shape index (κ3) is 3.58. The van der Waals surface area contributed by atoms with E-state index in [-0.39, 0.29) is 24.1 Å². The number of aliphatic hydroxyl groups is 1. The quantitative estimate of drug-likeness (QED) is 0.511. The number of hydrogen-bond donors (Lipinski definition) is 2. The molecular formula is C18H17N7O3. The van der Waals surface area contributed by atoms with Crippen molar-refractivity contribution in [3.8, 4) is 11.5 Å². The Morgan fingerprint density at radius 3 is 3.04 bits per heavy atom. The molecule has 0 fully saturated rings. The van der Waals surface area contributed by atoms with Crippen LogP contribution in [0.25, 0.3) is 17.2 Å². The largest absolute Gasteiger partial charge is 0.396 e. The molecule has 4 rings (SSSR count). The molecule has 0 aliphatic heterocycles. The predicted molar refractivity (Wildman–Crippen MR) is 97.2 cm³/mol. The van der Waals surface area contributed by atoms with Crippen LogP contribution in [0.1, 0.15) is 34.9 Å². The second kappa shape index (κ2) is 7.53. The molecule has 0 saturated heterocycles. The molecule has 4 heterocycles. The van der Waals surface area contributed by atoms with Crippen LogP contribution in [0.5, 0.6) is 0 Å². The van der Waals surface area contributed by atoms with E-state index in [1.54, 1.807) is 43.7 Å². The number of aromatic nitrogens is 6. The zero-order chi connectivity index (χ0) is 19.5. The SMILES string of the molecule is CC(NC(=O)c1cc2ncc(CCO)cn2n1)c1nc(-c2ccccn2)no1. The normalized spacial score (nSPS) is 12.2. The fourth-order valence-electron chi connectivity index (χ4n) is 2.63. The van der Waals surface area contributed by atoms with Crippen molar-refractivity contribution in [3.63, 3.8) is 0 Å². The van der Waals surface area contributed by atoms with E-state index in [9.17, 15) is 4.79 Å². The molecule has 0 saturated carbocycles. The summed E-state index contributed by atoms with van der Waals surface area (Å²) in [7, 11) is 0. The minimum atomic E-state index is -0.514. The molecular weight excluding hydrogens is 362 g/mol. The number of nitrogens with zero attached hydrogens (tertiary/aromatic N) is 6. The summed E-state index contributed by atoms with van der Waals surface area (Å²) in [5, 5.41) is 19.9. The van der Waals surface area contributed by atoms with E-state index in [1.807, 2.05) is 6.07 Å². The fraction of sp³-hybridized carbons (Fsp3) is 0.222. The standard InChI is InChI=1S/C18H17N7O3/c1-11(18-22-16(24-28-18)13-4-2-3-6-19-13)21-17(27)14-8-15-20-9-12(5-7-26)10-25(15)23-14/h2-4,6,8-11,26H,5,7H2,1H3,(H,21,27). The summed E-state index contributed by atoms with van der Waals surface area (Å²) in [5.41, 5.74) is 2.16. The lowest BCUT2D eigenvalue weighted by Crippen LogP contribution is -2.27. The number of aliphatic hydroxyl groups excluding tert-OH is 1. The van der Waals surface area contributed by atoms with Crippen molar-refractivity contribution in [1.29, 1.82) is 0 Å². The van der Waals surface area contributed by atoms with Crippen LogP contribution in [0.2, 0.25) is 0 Å². The van der Waals surface area contributed by atoms with Crippen molar-refractivity contribution < 1.29 is 14.4 Å². The van der Waals surface area contributed by atoms with Gasteiger partial charge < -0.3 is 14.9 Å². The molecule has 4 aromatic rings. The summed E-state index contributed by atoms with van der Waals surface area (Å²) >= 11 is 0. The van der Waals surface area contributed by atoms with Crippen molar-refractivity contribution in [2.75, 3.05) is 6.61 Å². The lowest BCUT2D eigenvalue weighted by atomic mass is 10.2. The first kappa shape index (κ1) is 17.7. The molecule has 1 atom stereocenters. The maximum Gasteiger partial charge on any atom is 0.272 e. The minimum Gasteiger partial charge on any atom is -0.396 e. The van der Waals surface area contributed by atoms with Crippen LogP contribution in [0.15, 0.2) is 47.4 Å². The second-order valence-corrected chi connectivity index (χ2v) is 6.13. The fourth-order valence-corrected chi connectivity index (χ4v) is 2.63. The molecule has 0 bridgehead atoms. The van der Waals surface area contributed by atoms with Gasteiger partial charge in [0.2, 0.25) is 11.7 Å². The summed E-state index contributed by atoms with van der Waals surface area (Å²) in [4.78, 5) is 25.2. The van der Waals surface area contributed by atoms with Gasteiger partial charge in [0.15, 0.2) is 11.3 Å². The van der Waals surface area contributed by atoms with Gasteiger partial charge >= 0.3 is 0 Å². The monoisotopic (exact) mass is 379 g/mol. The van der Waals surface area contributed by atoms with Crippen molar-refractivity contribution in [2.24, 2.45) is 0 Å². The Hall–Kier alpha value is -3.66. The van der Waals surface area contributed by atoms with Crippen molar-refractivity contribution in [3.05, 3.63) is 60.0 Å². The van der Waals surface area contributed by atoms with E-state index in [4.69, 9.17) is 9.63 Å². The summed E-state index contributed by atoms with van der Waals surface area (Å²) < 4.78 is 6.75. The topological polar surface area (TPSA) is 131 Å². The molecule has 0 spiro atoms. The summed E-state index contributed by atoms with van der Waals surface area (Å²) in [6.45, 7) is 1.75. The minimum absolute atomic E-state index is 0.0178. The van der Waals surface area contributed by atoms with E-state index >= 15 is 0 Å². The average molecular weight is 379 g/mol. The summed E-state index contributed by atoms with van der Waals surface area (Å²) in [5.74, 6) is 0.227.